The topological polar surface area (TPSA) is 108 Å². The fraction of sp³-hybridized carbons (Fsp3) is 0.304. The average molecular weight is 435 g/mol. The van der Waals surface area contributed by atoms with E-state index in [-0.39, 0.29) is 24.8 Å². The van der Waals surface area contributed by atoms with Gasteiger partial charge < -0.3 is 24.8 Å². The first-order valence-corrected chi connectivity index (χ1v) is 10.2. The molecule has 9 nitrogen and oxygen atoms in total. The largest absolute Gasteiger partial charge is 0.481 e. The van der Waals surface area contributed by atoms with Gasteiger partial charge in [0.25, 0.3) is 5.91 Å². The maximum absolute atomic E-state index is 13.4. The van der Waals surface area contributed by atoms with Crippen LogP contribution in [-0.2, 0) is 23.2 Å². The average Bonchev–Trinajstić information content (AvgIpc) is 2.99. The van der Waals surface area contributed by atoms with E-state index >= 15 is 0 Å². The number of amides is 2. The predicted molar refractivity (Wildman–Crippen MR) is 121 cm³/mol. The van der Waals surface area contributed by atoms with Gasteiger partial charge in [0.05, 0.1) is 23.1 Å². The van der Waals surface area contributed by atoms with Crippen LogP contribution >= 0.6 is 0 Å². The number of imidazole rings is 1. The van der Waals surface area contributed by atoms with Crippen LogP contribution < -0.4 is 10.2 Å². The molecule has 4 rings (SSSR count). The molecule has 1 aliphatic heterocycles. The number of aliphatic carboxylic acids is 1. The Hall–Kier alpha value is -3.88. The van der Waals surface area contributed by atoms with E-state index in [1.54, 1.807) is 37.2 Å². The number of nitrogens with zero attached hydrogens (tertiary/aromatic N) is 4. The van der Waals surface area contributed by atoms with E-state index in [4.69, 9.17) is 5.11 Å². The van der Waals surface area contributed by atoms with Crippen LogP contribution in [0.1, 0.15) is 28.2 Å². The number of anilines is 2. The zero-order valence-electron chi connectivity index (χ0n) is 18.4. The van der Waals surface area contributed by atoms with Crippen LogP contribution in [0, 0.1) is 6.92 Å². The highest BCUT2D eigenvalue weighted by molar-refractivity contribution is 6.10. The van der Waals surface area contributed by atoms with Crippen molar-refractivity contribution in [2.24, 2.45) is 7.05 Å². The number of fused-ring (bicyclic) bond motifs is 2. The Labute approximate surface area is 185 Å². The molecule has 2 heterocycles. The highest BCUT2D eigenvalue weighted by atomic mass is 16.4. The van der Waals surface area contributed by atoms with Crippen molar-refractivity contribution in [2.75, 3.05) is 24.3 Å². The van der Waals surface area contributed by atoms with Crippen molar-refractivity contribution in [3.8, 4) is 0 Å². The van der Waals surface area contributed by atoms with Crippen molar-refractivity contribution in [1.82, 2.24) is 14.5 Å². The summed E-state index contributed by atoms with van der Waals surface area (Å²) < 4.78 is 1.96. The summed E-state index contributed by atoms with van der Waals surface area (Å²) in [7, 11) is 5.27. The van der Waals surface area contributed by atoms with Gasteiger partial charge >= 0.3 is 5.97 Å². The van der Waals surface area contributed by atoms with Crippen LogP contribution in [0.2, 0.25) is 0 Å². The molecule has 3 aromatic rings. The fourth-order valence-electron chi connectivity index (χ4n) is 4.10. The lowest BCUT2D eigenvalue weighted by molar-refractivity contribution is -0.141. The van der Waals surface area contributed by atoms with E-state index in [2.05, 4.69) is 10.3 Å². The van der Waals surface area contributed by atoms with Gasteiger partial charge in [-0.3, -0.25) is 14.4 Å². The van der Waals surface area contributed by atoms with Gasteiger partial charge in [-0.1, -0.05) is 6.07 Å². The summed E-state index contributed by atoms with van der Waals surface area (Å²) in [6.45, 7) is 2.19. The van der Waals surface area contributed by atoms with Gasteiger partial charge in [0.2, 0.25) is 5.91 Å². The van der Waals surface area contributed by atoms with Crippen molar-refractivity contribution in [1.29, 1.82) is 0 Å². The summed E-state index contributed by atoms with van der Waals surface area (Å²) in [6, 6.07) is 9.99. The summed E-state index contributed by atoms with van der Waals surface area (Å²) in [5, 5.41) is 12.1. The number of rotatable bonds is 4. The Morgan fingerprint density at radius 2 is 2.00 bits per heavy atom. The van der Waals surface area contributed by atoms with E-state index in [1.807, 2.05) is 36.7 Å². The number of hydrogen-bond acceptors (Lipinski definition) is 5. The summed E-state index contributed by atoms with van der Waals surface area (Å²) in [5.74, 6) is -0.694. The zero-order chi connectivity index (χ0) is 23.2. The van der Waals surface area contributed by atoms with Crippen molar-refractivity contribution in [3.63, 3.8) is 0 Å². The summed E-state index contributed by atoms with van der Waals surface area (Å²) in [4.78, 5) is 44.6. The maximum Gasteiger partial charge on any atom is 0.305 e. The fourth-order valence-corrected chi connectivity index (χ4v) is 4.10. The highest BCUT2D eigenvalue weighted by Gasteiger charge is 2.29. The molecule has 1 aliphatic rings. The van der Waals surface area contributed by atoms with Gasteiger partial charge in [-0.15, -0.1) is 0 Å². The molecule has 0 bridgehead atoms. The number of likely N-dealkylation sites (N-methyl/N-ethyl adjacent to an activating group) is 1. The normalized spacial score (nSPS) is 15.8. The number of hydrogen-bond donors (Lipinski definition) is 2. The maximum atomic E-state index is 13.4. The molecular formula is C23H25N5O4. The third-order valence-electron chi connectivity index (χ3n) is 5.90. The second kappa shape index (κ2) is 7.99. The van der Waals surface area contributed by atoms with E-state index in [0.717, 1.165) is 28.1 Å². The Balaban J connectivity index is 1.68. The first kappa shape index (κ1) is 21.4. The van der Waals surface area contributed by atoms with Crippen molar-refractivity contribution in [2.45, 2.75) is 25.9 Å². The van der Waals surface area contributed by atoms with Gasteiger partial charge in [-0.2, -0.15) is 0 Å². The predicted octanol–water partition coefficient (Wildman–Crippen LogP) is 2.39. The number of aromatic nitrogens is 2. The third kappa shape index (κ3) is 3.66. The van der Waals surface area contributed by atoms with Crippen LogP contribution in [0.15, 0.2) is 36.4 Å². The lowest BCUT2D eigenvalue weighted by Crippen LogP contribution is -2.39. The lowest BCUT2D eigenvalue weighted by atomic mass is 10.1. The van der Waals surface area contributed by atoms with Crippen molar-refractivity contribution < 1.29 is 19.5 Å². The molecule has 9 heteroatoms. The monoisotopic (exact) mass is 435 g/mol. The summed E-state index contributed by atoms with van der Waals surface area (Å²) in [6.07, 6.45) is -0.319. The smallest absolute Gasteiger partial charge is 0.305 e. The zero-order valence-corrected chi connectivity index (χ0v) is 18.4. The Morgan fingerprint density at radius 1 is 1.25 bits per heavy atom. The molecule has 2 N–H and O–H groups in total. The van der Waals surface area contributed by atoms with Crippen molar-refractivity contribution >= 4 is 40.2 Å². The summed E-state index contributed by atoms with van der Waals surface area (Å²) >= 11 is 0. The van der Waals surface area contributed by atoms with Crippen LogP contribution in [0.4, 0.5) is 11.4 Å². The molecular weight excluding hydrogens is 410 g/mol. The van der Waals surface area contributed by atoms with Crippen LogP contribution in [0.5, 0.6) is 0 Å². The molecule has 32 heavy (non-hydrogen) atoms. The third-order valence-corrected chi connectivity index (χ3v) is 5.90. The van der Waals surface area contributed by atoms with Gasteiger partial charge in [0, 0.05) is 38.9 Å². The standard InChI is InChI=1S/C23H25N5O4/c1-13-24-17-6-5-7-19(21(17)27(13)3)28(4)22(31)14-8-9-16-15(10-14)12-26(2)23(32)18(25-16)11-20(29)30/h5-10,18,25H,11-12H2,1-4H3,(H,29,30). The molecule has 0 saturated heterocycles. The number of aryl methyl sites for hydroxylation is 2. The number of carbonyl (C=O) groups excluding carboxylic acids is 2. The molecule has 1 atom stereocenters. The van der Waals surface area contributed by atoms with Gasteiger partial charge in [-0.25, -0.2) is 4.98 Å². The Kier molecular flexibility index (Phi) is 5.33. The Bertz CT molecular complexity index is 1250. The van der Waals surface area contributed by atoms with Gasteiger partial charge in [-0.05, 0) is 42.8 Å². The molecule has 0 saturated carbocycles. The molecule has 166 valence electrons. The van der Waals surface area contributed by atoms with Gasteiger partial charge in [0.15, 0.2) is 0 Å². The quantitative estimate of drug-likeness (QED) is 0.652. The minimum Gasteiger partial charge on any atom is -0.481 e. The Morgan fingerprint density at radius 3 is 2.72 bits per heavy atom. The number of benzene rings is 2. The first-order chi connectivity index (χ1) is 15.2. The molecule has 2 amide bonds. The van der Waals surface area contributed by atoms with Crippen LogP contribution in [0.3, 0.4) is 0 Å². The minimum atomic E-state index is -1.05. The second-order valence-corrected chi connectivity index (χ2v) is 8.09. The minimum absolute atomic E-state index is 0.195. The lowest BCUT2D eigenvalue weighted by Gasteiger charge is -2.20. The number of carbonyl (C=O) groups is 3. The van der Waals surface area contributed by atoms with Crippen molar-refractivity contribution in [3.05, 3.63) is 53.3 Å². The molecule has 0 spiro atoms. The molecule has 0 radical (unpaired) electrons. The highest BCUT2D eigenvalue weighted by Crippen LogP contribution is 2.29. The van der Waals surface area contributed by atoms with E-state index in [0.29, 0.717) is 11.3 Å². The van der Waals surface area contributed by atoms with Crippen LogP contribution in [-0.4, -0.2) is 57.5 Å². The number of carboxylic acids is 1. The van der Waals surface area contributed by atoms with Crippen LogP contribution in [0.25, 0.3) is 11.0 Å². The van der Waals surface area contributed by atoms with Gasteiger partial charge in [0.1, 0.15) is 11.9 Å². The molecule has 1 unspecified atom stereocenters. The second-order valence-electron chi connectivity index (χ2n) is 8.09. The number of para-hydroxylation sites is 1. The molecule has 0 aliphatic carbocycles. The SMILES string of the molecule is Cc1nc2cccc(N(C)C(=O)c3ccc4c(c3)CN(C)C(=O)C(CC(=O)O)N4)c2n1C. The van der Waals surface area contributed by atoms with E-state index < -0.39 is 12.0 Å². The van der Waals surface area contributed by atoms with E-state index in [1.165, 1.54) is 4.90 Å². The number of carboxylic acid groups (broad SMARTS) is 1. The molecule has 1 aromatic heterocycles. The van der Waals surface area contributed by atoms with E-state index in [9.17, 15) is 14.4 Å². The molecule has 0 fully saturated rings. The molecule has 2 aromatic carbocycles. The summed E-state index contributed by atoms with van der Waals surface area (Å²) in [5.41, 5.74) is 4.32. The first-order valence-electron chi connectivity index (χ1n) is 10.2. The number of nitrogens with one attached hydrogen (secondary N) is 1.